The van der Waals surface area contributed by atoms with Crippen LogP contribution in [0, 0.1) is 11.8 Å². The maximum atomic E-state index is 6.54. The lowest BCUT2D eigenvalue weighted by Crippen LogP contribution is -2.51. The third-order valence-corrected chi connectivity index (χ3v) is 5.46. The third kappa shape index (κ3) is 4.54. The van der Waals surface area contributed by atoms with Crippen LogP contribution >= 0.6 is 24.8 Å². The number of nitrogens with two attached hydrogens (primary N) is 1. The van der Waals surface area contributed by atoms with Crippen LogP contribution in [0.3, 0.4) is 0 Å². The SMILES string of the molecule is COc1cc2c(cc1OC)[C@@H]1C[C@@H](N)[C@@H](CC(C)C)CN1CC2.Cl.Cl. The van der Waals surface area contributed by atoms with Crippen molar-refractivity contribution in [2.24, 2.45) is 17.6 Å². The van der Waals surface area contributed by atoms with Gasteiger partial charge in [-0.05, 0) is 54.4 Å². The van der Waals surface area contributed by atoms with Crippen LogP contribution in [-0.4, -0.2) is 38.3 Å². The van der Waals surface area contributed by atoms with Gasteiger partial charge >= 0.3 is 0 Å². The molecule has 0 bridgehead atoms. The van der Waals surface area contributed by atoms with Gasteiger partial charge in [0.2, 0.25) is 0 Å². The Bertz CT molecular complexity index is 569. The minimum Gasteiger partial charge on any atom is -0.493 e. The number of hydrogen-bond donors (Lipinski definition) is 1. The Morgan fingerprint density at radius 2 is 1.80 bits per heavy atom. The molecular formula is C19H32Cl2N2O2. The second kappa shape index (κ2) is 9.31. The van der Waals surface area contributed by atoms with Crippen molar-refractivity contribution in [3.63, 3.8) is 0 Å². The first-order valence-electron chi connectivity index (χ1n) is 8.77. The first kappa shape index (κ1) is 22.4. The van der Waals surface area contributed by atoms with E-state index in [1.165, 1.54) is 17.5 Å². The zero-order chi connectivity index (χ0) is 16.6. The highest BCUT2D eigenvalue weighted by Crippen LogP contribution is 2.43. The van der Waals surface area contributed by atoms with Crippen LogP contribution < -0.4 is 15.2 Å². The molecule has 0 saturated carbocycles. The van der Waals surface area contributed by atoms with Gasteiger partial charge in [-0.15, -0.1) is 24.8 Å². The smallest absolute Gasteiger partial charge is 0.161 e. The predicted molar refractivity (Wildman–Crippen MR) is 108 cm³/mol. The van der Waals surface area contributed by atoms with Crippen LogP contribution in [0.5, 0.6) is 11.5 Å². The van der Waals surface area contributed by atoms with Crippen molar-refractivity contribution in [2.45, 2.75) is 45.2 Å². The highest BCUT2D eigenvalue weighted by Gasteiger charge is 2.38. The highest BCUT2D eigenvalue weighted by molar-refractivity contribution is 5.85. The van der Waals surface area contributed by atoms with Crippen LogP contribution in [0.4, 0.5) is 0 Å². The van der Waals surface area contributed by atoms with Crippen molar-refractivity contribution in [2.75, 3.05) is 27.3 Å². The Morgan fingerprint density at radius 3 is 2.40 bits per heavy atom. The van der Waals surface area contributed by atoms with Crippen LogP contribution in [0.1, 0.15) is 43.9 Å². The first-order valence-corrected chi connectivity index (χ1v) is 8.77. The number of halogens is 2. The van der Waals surface area contributed by atoms with Crippen LogP contribution in [0.15, 0.2) is 12.1 Å². The molecule has 2 aliphatic rings. The second-order valence-electron chi connectivity index (χ2n) is 7.46. The monoisotopic (exact) mass is 390 g/mol. The molecule has 0 spiro atoms. The Morgan fingerprint density at radius 1 is 1.16 bits per heavy atom. The van der Waals surface area contributed by atoms with Crippen molar-refractivity contribution in [1.29, 1.82) is 0 Å². The molecule has 1 aromatic rings. The van der Waals surface area contributed by atoms with E-state index in [1.807, 2.05) is 0 Å². The summed E-state index contributed by atoms with van der Waals surface area (Å²) in [6, 6.07) is 5.03. The molecule has 25 heavy (non-hydrogen) atoms. The molecule has 0 aliphatic carbocycles. The number of hydrogen-bond acceptors (Lipinski definition) is 4. The molecule has 1 fully saturated rings. The summed E-state index contributed by atoms with van der Waals surface area (Å²) in [5.41, 5.74) is 9.30. The summed E-state index contributed by atoms with van der Waals surface area (Å²) in [5, 5.41) is 0. The molecule has 0 radical (unpaired) electrons. The summed E-state index contributed by atoms with van der Waals surface area (Å²) >= 11 is 0. The lowest BCUT2D eigenvalue weighted by Gasteiger charge is -2.46. The fraction of sp³-hybridized carbons (Fsp3) is 0.684. The van der Waals surface area contributed by atoms with Gasteiger partial charge < -0.3 is 15.2 Å². The van der Waals surface area contributed by atoms with E-state index in [4.69, 9.17) is 15.2 Å². The van der Waals surface area contributed by atoms with E-state index in [0.717, 1.165) is 37.4 Å². The topological polar surface area (TPSA) is 47.7 Å². The zero-order valence-electron chi connectivity index (χ0n) is 15.7. The molecule has 3 atom stereocenters. The summed E-state index contributed by atoms with van der Waals surface area (Å²) in [6.07, 6.45) is 3.35. The summed E-state index contributed by atoms with van der Waals surface area (Å²) in [6.45, 7) is 6.83. The lowest BCUT2D eigenvalue weighted by atomic mass is 9.78. The van der Waals surface area contributed by atoms with E-state index in [-0.39, 0.29) is 30.9 Å². The largest absolute Gasteiger partial charge is 0.493 e. The lowest BCUT2D eigenvalue weighted by molar-refractivity contribution is 0.0739. The number of rotatable bonds is 4. The molecule has 0 unspecified atom stereocenters. The average Bonchev–Trinajstić information content (AvgIpc) is 2.53. The maximum Gasteiger partial charge on any atom is 0.161 e. The summed E-state index contributed by atoms with van der Waals surface area (Å²) in [5.74, 6) is 2.99. The number of nitrogens with zero attached hydrogens (tertiary/aromatic N) is 1. The van der Waals surface area contributed by atoms with E-state index >= 15 is 0 Å². The van der Waals surface area contributed by atoms with Gasteiger partial charge in [0.05, 0.1) is 14.2 Å². The van der Waals surface area contributed by atoms with Crippen LogP contribution in [-0.2, 0) is 6.42 Å². The van der Waals surface area contributed by atoms with Crippen LogP contribution in [0.25, 0.3) is 0 Å². The Balaban J connectivity index is 0.00000156. The van der Waals surface area contributed by atoms with Crippen molar-refractivity contribution >= 4 is 24.8 Å². The van der Waals surface area contributed by atoms with Gasteiger partial charge in [0, 0.05) is 25.2 Å². The van der Waals surface area contributed by atoms with Crippen molar-refractivity contribution in [3.05, 3.63) is 23.3 Å². The molecule has 1 saturated heterocycles. The van der Waals surface area contributed by atoms with Gasteiger partial charge in [-0.25, -0.2) is 0 Å². The number of methoxy groups -OCH3 is 2. The summed E-state index contributed by atoms with van der Waals surface area (Å²) in [7, 11) is 3.41. The highest BCUT2D eigenvalue weighted by atomic mass is 35.5. The van der Waals surface area contributed by atoms with Gasteiger partial charge in [-0.3, -0.25) is 4.90 Å². The Hall–Kier alpha value is -0.680. The molecule has 3 rings (SSSR count). The van der Waals surface area contributed by atoms with E-state index in [9.17, 15) is 0 Å². The number of ether oxygens (including phenoxy) is 2. The van der Waals surface area contributed by atoms with Gasteiger partial charge in [-0.2, -0.15) is 0 Å². The fourth-order valence-electron chi connectivity index (χ4n) is 4.32. The molecule has 0 aromatic heterocycles. The predicted octanol–water partition coefficient (Wildman–Crippen LogP) is 3.84. The fourth-order valence-corrected chi connectivity index (χ4v) is 4.32. The van der Waals surface area contributed by atoms with Gasteiger partial charge in [0.15, 0.2) is 11.5 Å². The van der Waals surface area contributed by atoms with Crippen molar-refractivity contribution < 1.29 is 9.47 Å². The molecular weight excluding hydrogens is 359 g/mol. The van der Waals surface area contributed by atoms with E-state index < -0.39 is 0 Å². The van der Waals surface area contributed by atoms with Crippen molar-refractivity contribution in [1.82, 2.24) is 4.90 Å². The average molecular weight is 391 g/mol. The number of fused-ring (bicyclic) bond motifs is 3. The molecule has 1 aromatic carbocycles. The standard InChI is InChI=1S/C19H30N2O2.2ClH/c1-12(2)7-14-11-21-6-5-13-8-18(22-3)19(23-4)9-15(13)17(21)10-16(14)20;;/h8-9,12,14,16-17H,5-7,10-11,20H2,1-4H3;2*1H/t14-,16+,17-;;/m0../s1. The quantitative estimate of drug-likeness (QED) is 0.847. The Kier molecular flexibility index (Phi) is 8.33. The maximum absolute atomic E-state index is 6.54. The summed E-state index contributed by atoms with van der Waals surface area (Å²) in [4.78, 5) is 2.63. The van der Waals surface area contributed by atoms with Gasteiger partial charge in [0.1, 0.15) is 0 Å². The minimum absolute atomic E-state index is 0. The third-order valence-electron chi connectivity index (χ3n) is 5.46. The van der Waals surface area contributed by atoms with E-state index in [1.54, 1.807) is 14.2 Å². The van der Waals surface area contributed by atoms with Crippen molar-refractivity contribution in [3.8, 4) is 11.5 Å². The molecule has 6 heteroatoms. The number of benzene rings is 1. The molecule has 2 heterocycles. The van der Waals surface area contributed by atoms with Gasteiger partial charge in [-0.1, -0.05) is 13.8 Å². The first-order chi connectivity index (χ1) is 11.0. The second-order valence-corrected chi connectivity index (χ2v) is 7.46. The molecule has 4 nitrogen and oxygen atoms in total. The normalized spacial score (nSPS) is 25.3. The zero-order valence-corrected chi connectivity index (χ0v) is 17.3. The molecule has 2 N–H and O–H groups in total. The minimum atomic E-state index is 0. The molecule has 144 valence electrons. The molecule has 2 aliphatic heterocycles. The molecule has 0 amide bonds. The Labute approximate surface area is 164 Å². The van der Waals surface area contributed by atoms with Gasteiger partial charge in [0.25, 0.3) is 0 Å². The summed E-state index contributed by atoms with van der Waals surface area (Å²) < 4.78 is 11.0. The van der Waals surface area contributed by atoms with E-state index in [0.29, 0.717) is 17.9 Å². The van der Waals surface area contributed by atoms with Crippen LogP contribution in [0.2, 0.25) is 0 Å². The van der Waals surface area contributed by atoms with E-state index in [2.05, 4.69) is 30.9 Å². The number of piperidine rings is 1.